The number of hydrogen-bond acceptors (Lipinski definition) is 1. The van der Waals surface area contributed by atoms with Gasteiger partial charge < -0.3 is 5.32 Å². The molecule has 0 aliphatic heterocycles. The summed E-state index contributed by atoms with van der Waals surface area (Å²) < 4.78 is 0. The Hall–Kier alpha value is 0.250. The van der Waals surface area contributed by atoms with Crippen LogP contribution in [0.25, 0.3) is 0 Å². The molecular weight excluding hydrogens is 158 g/mol. The summed E-state index contributed by atoms with van der Waals surface area (Å²) in [6, 6.07) is 0.646. The molecule has 0 saturated carbocycles. The van der Waals surface area contributed by atoms with Gasteiger partial charge in [-0.1, -0.05) is 13.8 Å². The minimum absolute atomic E-state index is 0.646. The molecule has 2 unspecified atom stereocenters. The van der Waals surface area contributed by atoms with Gasteiger partial charge in [0.2, 0.25) is 0 Å². The lowest BCUT2D eigenvalue weighted by Gasteiger charge is -2.15. The van der Waals surface area contributed by atoms with Crippen LogP contribution in [-0.2, 0) is 0 Å². The number of hydrogen-bond donors (Lipinski definition) is 1. The molecule has 0 amide bonds. The first-order chi connectivity index (χ1) is 5.20. The SMILES string of the molecule is CCC(C)NCC(C)CCCl. The highest BCUT2D eigenvalue weighted by Crippen LogP contribution is 2.02. The lowest BCUT2D eigenvalue weighted by atomic mass is 10.1. The average Bonchev–Trinajstić information content (AvgIpc) is 2.01. The summed E-state index contributed by atoms with van der Waals surface area (Å²) in [6.07, 6.45) is 2.32. The van der Waals surface area contributed by atoms with Crippen molar-refractivity contribution in [2.24, 2.45) is 5.92 Å². The zero-order chi connectivity index (χ0) is 8.69. The number of rotatable bonds is 6. The molecule has 0 rings (SSSR count). The molecule has 0 aliphatic carbocycles. The van der Waals surface area contributed by atoms with Crippen molar-refractivity contribution in [3.05, 3.63) is 0 Å². The minimum Gasteiger partial charge on any atom is -0.314 e. The topological polar surface area (TPSA) is 12.0 Å². The van der Waals surface area contributed by atoms with Crippen LogP contribution >= 0.6 is 11.6 Å². The molecule has 2 atom stereocenters. The second-order valence-electron chi connectivity index (χ2n) is 3.30. The van der Waals surface area contributed by atoms with E-state index in [9.17, 15) is 0 Å². The Bertz CT molecular complexity index is 85.6. The summed E-state index contributed by atoms with van der Waals surface area (Å²) in [7, 11) is 0. The Labute approximate surface area is 75.5 Å². The van der Waals surface area contributed by atoms with Gasteiger partial charge in [0.25, 0.3) is 0 Å². The van der Waals surface area contributed by atoms with Crippen LogP contribution in [0, 0.1) is 5.92 Å². The van der Waals surface area contributed by atoms with Crippen molar-refractivity contribution in [2.75, 3.05) is 12.4 Å². The number of halogens is 1. The Morgan fingerprint density at radius 3 is 2.45 bits per heavy atom. The van der Waals surface area contributed by atoms with Crippen molar-refractivity contribution >= 4 is 11.6 Å². The predicted octanol–water partition coefficient (Wildman–Crippen LogP) is 2.64. The number of alkyl halides is 1. The van der Waals surface area contributed by atoms with Crippen LogP contribution in [0.15, 0.2) is 0 Å². The van der Waals surface area contributed by atoms with E-state index in [1.165, 1.54) is 6.42 Å². The molecule has 0 bridgehead atoms. The van der Waals surface area contributed by atoms with E-state index in [-0.39, 0.29) is 0 Å². The van der Waals surface area contributed by atoms with Gasteiger partial charge in [0, 0.05) is 11.9 Å². The molecular formula is C9H20ClN. The summed E-state index contributed by atoms with van der Waals surface area (Å²) in [5, 5.41) is 3.46. The van der Waals surface area contributed by atoms with Gasteiger partial charge >= 0.3 is 0 Å². The molecule has 2 heteroatoms. The van der Waals surface area contributed by atoms with Gasteiger partial charge in [-0.15, -0.1) is 11.6 Å². The van der Waals surface area contributed by atoms with Gasteiger partial charge in [0.15, 0.2) is 0 Å². The van der Waals surface area contributed by atoms with Crippen LogP contribution < -0.4 is 5.32 Å². The summed E-state index contributed by atoms with van der Waals surface area (Å²) in [4.78, 5) is 0. The van der Waals surface area contributed by atoms with Crippen LogP contribution in [0.4, 0.5) is 0 Å². The maximum atomic E-state index is 5.62. The van der Waals surface area contributed by atoms with E-state index in [1.54, 1.807) is 0 Å². The Morgan fingerprint density at radius 1 is 1.36 bits per heavy atom. The van der Waals surface area contributed by atoms with E-state index < -0.39 is 0 Å². The highest BCUT2D eigenvalue weighted by Gasteiger charge is 2.02. The van der Waals surface area contributed by atoms with Crippen molar-refractivity contribution in [3.8, 4) is 0 Å². The van der Waals surface area contributed by atoms with Crippen molar-refractivity contribution in [1.82, 2.24) is 5.32 Å². The fourth-order valence-electron chi connectivity index (χ4n) is 0.835. The van der Waals surface area contributed by atoms with E-state index in [1.807, 2.05) is 0 Å². The minimum atomic E-state index is 0.646. The van der Waals surface area contributed by atoms with Gasteiger partial charge in [0.1, 0.15) is 0 Å². The predicted molar refractivity (Wildman–Crippen MR) is 52.3 cm³/mol. The Balaban J connectivity index is 3.22. The first kappa shape index (κ1) is 11.2. The molecule has 0 saturated heterocycles. The molecule has 11 heavy (non-hydrogen) atoms. The standard InChI is InChI=1S/C9H20ClN/c1-4-9(3)11-7-8(2)5-6-10/h8-9,11H,4-7H2,1-3H3. The first-order valence-corrected chi connectivity index (χ1v) is 5.03. The summed E-state index contributed by atoms with van der Waals surface area (Å²) in [5.41, 5.74) is 0. The third-order valence-electron chi connectivity index (χ3n) is 2.03. The molecule has 0 spiro atoms. The lowest BCUT2D eigenvalue weighted by molar-refractivity contribution is 0.448. The second kappa shape index (κ2) is 6.93. The highest BCUT2D eigenvalue weighted by atomic mass is 35.5. The molecule has 0 fully saturated rings. The molecule has 0 aromatic rings. The smallest absolute Gasteiger partial charge is 0.0226 e. The Morgan fingerprint density at radius 2 is 2.00 bits per heavy atom. The van der Waals surface area contributed by atoms with Gasteiger partial charge in [0.05, 0.1) is 0 Å². The molecule has 0 aromatic carbocycles. The fourth-order valence-corrected chi connectivity index (χ4v) is 1.21. The van der Waals surface area contributed by atoms with E-state index in [2.05, 4.69) is 26.1 Å². The maximum Gasteiger partial charge on any atom is 0.0226 e. The molecule has 0 heterocycles. The maximum absolute atomic E-state index is 5.62. The average molecular weight is 178 g/mol. The zero-order valence-electron chi connectivity index (χ0n) is 7.86. The quantitative estimate of drug-likeness (QED) is 0.616. The summed E-state index contributed by atoms with van der Waals surface area (Å²) >= 11 is 5.62. The van der Waals surface area contributed by atoms with Crippen LogP contribution in [0.3, 0.4) is 0 Å². The van der Waals surface area contributed by atoms with Crippen molar-refractivity contribution in [1.29, 1.82) is 0 Å². The molecule has 0 radical (unpaired) electrons. The lowest BCUT2D eigenvalue weighted by Crippen LogP contribution is -2.29. The third kappa shape index (κ3) is 6.64. The molecule has 1 N–H and O–H groups in total. The monoisotopic (exact) mass is 177 g/mol. The van der Waals surface area contributed by atoms with Crippen LogP contribution in [-0.4, -0.2) is 18.5 Å². The van der Waals surface area contributed by atoms with Crippen molar-refractivity contribution in [2.45, 2.75) is 39.7 Å². The van der Waals surface area contributed by atoms with Crippen LogP contribution in [0.2, 0.25) is 0 Å². The Kier molecular flexibility index (Phi) is 7.09. The first-order valence-electron chi connectivity index (χ1n) is 4.50. The highest BCUT2D eigenvalue weighted by molar-refractivity contribution is 6.17. The van der Waals surface area contributed by atoms with Gasteiger partial charge in [-0.25, -0.2) is 0 Å². The van der Waals surface area contributed by atoms with E-state index in [0.717, 1.165) is 18.8 Å². The van der Waals surface area contributed by atoms with E-state index >= 15 is 0 Å². The van der Waals surface area contributed by atoms with E-state index in [4.69, 9.17) is 11.6 Å². The van der Waals surface area contributed by atoms with Gasteiger partial charge in [-0.2, -0.15) is 0 Å². The summed E-state index contributed by atoms with van der Waals surface area (Å²) in [6.45, 7) is 7.75. The van der Waals surface area contributed by atoms with Gasteiger partial charge in [-0.3, -0.25) is 0 Å². The molecule has 68 valence electrons. The zero-order valence-corrected chi connectivity index (χ0v) is 8.62. The van der Waals surface area contributed by atoms with E-state index in [0.29, 0.717) is 12.0 Å². The second-order valence-corrected chi connectivity index (χ2v) is 3.68. The van der Waals surface area contributed by atoms with Crippen molar-refractivity contribution < 1.29 is 0 Å². The molecule has 0 aliphatic rings. The normalized spacial score (nSPS) is 16.4. The third-order valence-corrected chi connectivity index (χ3v) is 2.25. The van der Waals surface area contributed by atoms with Crippen molar-refractivity contribution in [3.63, 3.8) is 0 Å². The van der Waals surface area contributed by atoms with Crippen LogP contribution in [0.1, 0.15) is 33.6 Å². The largest absolute Gasteiger partial charge is 0.314 e. The van der Waals surface area contributed by atoms with Crippen LogP contribution in [0.5, 0.6) is 0 Å². The summed E-state index contributed by atoms with van der Waals surface area (Å²) in [5.74, 6) is 1.49. The fraction of sp³-hybridized carbons (Fsp3) is 1.00. The molecule has 1 nitrogen and oxygen atoms in total. The molecule has 0 aromatic heterocycles. The number of nitrogens with one attached hydrogen (secondary N) is 1. The van der Waals surface area contributed by atoms with Gasteiger partial charge in [-0.05, 0) is 32.2 Å².